The Labute approximate surface area is 212 Å². The molecule has 1 aromatic carbocycles. The van der Waals surface area contributed by atoms with E-state index < -0.39 is 83.4 Å². The molecule has 0 aliphatic heterocycles. The minimum absolute atomic E-state index is 0.0141. The van der Waals surface area contributed by atoms with Crippen LogP contribution in [0.25, 0.3) is 0 Å². The van der Waals surface area contributed by atoms with Crippen LogP contribution in [0, 0.1) is 23.3 Å². The summed E-state index contributed by atoms with van der Waals surface area (Å²) in [4.78, 5) is 61.4. The summed E-state index contributed by atoms with van der Waals surface area (Å²) in [5.74, 6) is -12.7. The number of anilines is 1. The number of carboxylic acid groups (broad SMARTS) is 1. The highest BCUT2D eigenvalue weighted by atomic mass is 19.2. The number of ether oxygens (including phenoxy) is 1. The largest absolute Gasteiger partial charge is 0.481 e. The quantitative estimate of drug-likeness (QED) is 0.236. The third kappa shape index (κ3) is 7.30. The molecule has 2 atom stereocenters. The molecule has 0 radical (unpaired) electrons. The van der Waals surface area contributed by atoms with Gasteiger partial charge in [0.15, 0.2) is 23.2 Å². The lowest BCUT2D eigenvalue weighted by molar-refractivity contribution is -0.140. The first kappa shape index (κ1) is 29.8. The molecule has 0 bridgehead atoms. The Morgan fingerprint density at radius 2 is 1.71 bits per heavy atom. The lowest BCUT2D eigenvalue weighted by atomic mass is 10.1. The van der Waals surface area contributed by atoms with Crippen LogP contribution >= 0.6 is 0 Å². The smallest absolute Gasteiger partial charge is 0.319 e. The normalized spacial score (nSPS) is 12.3. The number of benzene rings is 1. The van der Waals surface area contributed by atoms with Crippen LogP contribution in [0.5, 0.6) is 5.75 Å². The molecule has 3 amide bonds. The zero-order chi connectivity index (χ0) is 28.6. The van der Waals surface area contributed by atoms with Gasteiger partial charge in [-0.05, 0) is 25.5 Å². The van der Waals surface area contributed by atoms with E-state index in [1.807, 2.05) is 0 Å². The molecule has 38 heavy (non-hydrogen) atoms. The maximum Gasteiger partial charge on any atom is 0.319 e. The number of amides is 3. The number of rotatable bonds is 12. The van der Waals surface area contributed by atoms with Crippen LogP contribution < -0.4 is 26.2 Å². The maximum atomic E-state index is 13.8. The summed E-state index contributed by atoms with van der Waals surface area (Å²) in [6.45, 7) is 2.20. The number of ketones is 1. The van der Waals surface area contributed by atoms with E-state index in [9.17, 15) is 41.5 Å². The summed E-state index contributed by atoms with van der Waals surface area (Å²) in [6.07, 6.45) is 0.237. The highest BCUT2D eigenvalue weighted by Gasteiger charge is 2.30. The highest BCUT2D eigenvalue weighted by molar-refractivity contribution is 5.94. The Morgan fingerprint density at radius 3 is 2.26 bits per heavy atom. The molecule has 2 rings (SSSR count). The fourth-order valence-corrected chi connectivity index (χ4v) is 3.30. The summed E-state index contributed by atoms with van der Waals surface area (Å²) >= 11 is 0. The third-order valence-corrected chi connectivity index (χ3v) is 5.10. The van der Waals surface area contributed by atoms with Gasteiger partial charge in [0.1, 0.15) is 24.4 Å². The van der Waals surface area contributed by atoms with E-state index in [2.05, 4.69) is 20.7 Å². The number of urea groups is 1. The standard InChI is InChI=1S/C23H24F4N4O7/c1-3-15(31-7-5-6-13(22(31)36)30-23(37)28-4-2)21(35)29-14(9-17(33)34)16(32)10-38-20-18(26)11(24)8-12(25)19(20)27/h5-8,14-15H,3-4,9-10H2,1-2H3,(H,29,35)(H,33,34)(H2,28,30,37)/t14?,15-/m0/s1. The van der Waals surface area contributed by atoms with Crippen LogP contribution in [-0.2, 0) is 14.4 Å². The second kappa shape index (κ2) is 13.2. The van der Waals surface area contributed by atoms with Crippen molar-refractivity contribution in [3.63, 3.8) is 0 Å². The van der Waals surface area contributed by atoms with Crippen LogP contribution in [0.2, 0.25) is 0 Å². The number of aromatic nitrogens is 1. The van der Waals surface area contributed by atoms with Crippen molar-refractivity contribution in [2.45, 2.75) is 38.8 Å². The van der Waals surface area contributed by atoms with Gasteiger partial charge in [-0.15, -0.1) is 0 Å². The highest BCUT2D eigenvalue weighted by Crippen LogP contribution is 2.26. The fraction of sp³-hybridized carbons (Fsp3) is 0.348. The van der Waals surface area contributed by atoms with Crippen LogP contribution in [-0.4, -0.2) is 52.6 Å². The maximum absolute atomic E-state index is 13.8. The molecule has 4 N–H and O–H groups in total. The number of Topliss-reactive ketones (excluding diaryl/α,β-unsaturated/α-hetero) is 1. The summed E-state index contributed by atoms with van der Waals surface area (Å²) in [7, 11) is 0. The molecule has 206 valence electrons. The Bertz CT molecular complexity index is 1260. The zero-order valence-corrected chi connectivity index (χ0v) is 20.1. The minimum Gasteiger partial charge on any atom is -0.481 e. The number of aliphatic carboxylic acids is 1. The summed E-state index contributed by atoms with van der Waals surface area (Å²) in [5.41, 5.74) is -0.938. The summed E-state index contributed by atoms with van der Waals surface area (Å²) < 4.78 is 59.9. The molecule has 1 heterocycles. The van der Waals surface area contributed by atoms with E-state index in [0.29, 0.717) is 0 Å². The monoisotopic (exact) mass is 544 g/mol. The number of halogens is 4. The van der Waals surface area contributed by atoms with E-state index in [0.717, 1.165) is 4.57 Å². The molecule has 0 aliphatic rings. The van der Waals surface area contributed by atoms with Gasteiger partial charge in [-0.25, -0.2) is 13.6 Å². The molecule has 0 spiro atoms. The molecule has 0 fully saturated rings. The number of carboxylic acids is 1. The first-order chi connectivity index (χ1) is 17.9. The number of nitrogens with zero attached hydrogens (tertiary/aromatic N) is 1. The molecule has 0 aliphatic carbocycles. The van der Waals surface area contributed by atoms with Crippen molar-refractivity contribution in [1.29, 1.82) is 0 Å². The number of hydrogen-bond acceptors (Lipinski definition) is 6. The van der Waals surface area contributed by atoms with Crippen molar-refractivity contribution in [2.75, 3.05) is 18.5 Å². The van der Waals surface area contributed by atoms with Gasteiger partial charge in [0.2, 0.25) is 17.5 Å². The molecule has 1 unspecified atom stereocenters. The van der Waals surface area contributed by atoms with Gasteiger partial charge >= 0.3 is 12.0 Å². The van der Waals surface area contributed by atoms with Crippen LogP contribution in [0.3, 0.4) is 0 Å². The molecule has 0 saturated heterocycles. The second-order valence-electron chi connectivity index (χ2n) is 7.75. The lowest BCUT2D eigenvalue weighted by Gasteiger charge is -2.22. The molecular formula is C23H24F4N4O7. The summed E-state index contributed by atoms with van der Waals surface area (Å²) in [6, 6.07) is -1.14. The van der Waals surface area contributed by atoms with Gasteiger partial charge in [0.25, 0.3) is 5.56 Å². The topological polar surface area (TPSA) is 156 Å². The SMILES string of the molecule is CCNC(=O)Nc1cccn([C@@H](CC)C(=O)NC(CC(=O)O)C(=O)COc2c(F)c(F)cc(F)c2F)c1=O. The summed E-state index contributed by atoms with van der Waals surface area (Å²) in [5, 5.41) is 16.1. The molecule has 11 nitrogen and oxygen atoms in total. The molecule has 2 aromatic rings. The van der Waals surface area contributed by atoms with Crippen molar-refractivity contribution >= 4 is 29.4 Å². The molecule has 0 saturated carbocycles. The van der Waals surface area contributed by atoms with E-state index in [4.69, 9.17) is 5.11 Å². The van der Waals surface area contributed by atoms with Crippen LogP contribution in [0.15, 0.2) is 29.2 Å². The van der Waals surface area contributed by atoms with Gasteiger partial charge in [-0.2, -0.15) is 8.78 Å². The van der Waals surface area contributed by atoms with Crippen molar-refractivity contribution in [3.05, 3.63) is 58.0 Å². The Kier molecular flexibility index (Phi) is 10.4. The number of carbonyl (C=O) groups is 4. The molecule has 15 heteroatoms. The number of nitrogens with one attached hydrogen (secondary N) is 3. The third-order valence-electron chi connectivity index (χ3n) is 5.10. The van der Waals surface area contributed by atoms with E-state index in [-0.39, 0.29) is 24.7 Å². The fourth-order valence-electron chi connectivity index (χ4n) is 3.30. The minimum atomic E-state index is -1.91. The first-order valence-electron chi connectivity index (χ1n) is 11.2. The van der Waals surface area contributed by atoms with Gasteiger partial charge in [-0.3, -0.25) is 19.2 Å². The van der Waals surface area contributed by atoms with Gasteiger partial charge in [0, 0.05) is 18.8 Å². The Balaban J connectivity index is 2.25. The van der Waals surface area contributed by atoms with Crippen molar-refractivity contribution in [1.82, 2.24) is 15.2 Å². The van der Waals surface area contributed by atoms with Crippen molar-refractivity contribution < 1.29 is 46.6 Å². The Morgan fingerprint density at radius 1 is 1.08 bits per heavy atom. The Hall–Kier alpha value is -4.43. The molecule has 1 aromatic heterocycles. The van der Waals surface area contributed by atoms with Gasteiger partial charge in [-0.1, -0.05) is 6.92 Å². The van der Waals surface area contributed by atoms with Gasteiger partial charge in [0.05, 0.1) is 6.42 Å². The number of pyridine rings is 1. The van der Waals surface area contributed by atoms with Crippen molar-refractivity contribution in [2.24, 2.45) is 0 Å². The number of hydrogen-bond donors (Lipinski definition) is 4. The second-order valence-corrected chi connectivity index (χ2v) is 7.75. The average molecular weight is 544 g/mol. The number of carbonyl (C=O) groups excluding carboxylic acids is 3. The average Bonchev–Trinajstić information content (AvgIpc) is 2.84. The van der Waals surface area contributed by atoms with Crippen LogP contribution in [0.1, 0.15) is 32.7 Å². The van der Waals surface area contributed by atoms with E-state index >= 15 is 0 Å². The predicted molar refractivity (Wildman–Crippen MR) is 124 cm³/mol. The van der Waals surface area contributed by atoms with E-state index in [1.54, 1.807) is 6.92 Å². The predicted octanol–water partition coefficient (Wildman–Crippen LogP) is 2.10. The van der Waals surface area contributed by atoms with Crippen LogP contribution in [0.4, 0.5) is 28.0 Å². The van der Waals surface area contributed by atoms with Gasteiger partial charge < -0.3 is 30.4 Å². The molecular weight excluding hydrogens is 520 g/mol. The first-order valence-corrected chi connectivity index (χ1v) is 11.2. The van der Waals surface area contributed by atoms with E-state index in [1.165, 1.54) is 25.3 Å². The van der Waals surface area contributed by atoms with Crippen molar-refractivity contribution in [3.8, 4) is 5.75 Å². The lowest BCUT2D eigenvalue weighted by Crippen LogP contribution is -2.48. The zero-order valence-electron chi connectivity index (χ0n) is 20.1.